The second kappa shape index (κ2) is 53.0. The summed E-state index contributed by atoms with van der Waals surface area (Å²) < 4.78 is 39.0. The molecule has 0 saturated carbocycles. The minimum atomic E-state index is -4.73. The van der Waals surface area contributed by atoms with E-state index in [1.165, 1.54) is 103 Å². The Morgan fingerprint density at radius 1 is 0.386 bits per heavy atom. The molecular formula is C58H107O11P. The van der Waals surface area contributed by atoms with Crippen molar-refractivity contribution >= 4 is 25.7 Å². The number of carbonyl (C=O) groups is 3. The van der Waals surface area contributed by atoms with Crippen LogP contribution in [0.3, 0.4) is 0 Å². The zero-order valence-electron chi connectivity index (χ0n) is 45.2. The van der Waals surface area contributed by atoms with Gasteiger partial charge in [-0.2, -0.15) is 0 Å². The highest BCUT2D eigenvalue weighted by Gasteiger charge is 2.27. The van der Waals surface area contributed by atoms with E-state index in [4.69, 9.17) is 23.3 Å². The van der Waals surface area contributed by atoms with Gasteiger partial charge in [-0.1, -0.05) is 198 Å². The van der Waals surface area contributed by atoms with Crippen LogP contribution in [-0.2, 0) is 42.2 Å². The summed E-state index contributed by atoms with van der Waals surface area (Å²) in [5, 5.41) is 10.3. The number of rotatable bonds is 54. The third kappa shape index (κ3) is 52.0. The second-order valence-corrected chi connectivity index (χ2v) is 20.9. The van der Waals surface area contributed by atoms with Crippen molar-refractivity contribution in [2.75, 3.05) is 26.4 Å². The Morgan fingerprint density at radius 2 is 0.671 bits per heavy atom. The molecule has 0 spiro atoms. The Balaban J connectivity index is 4.62. The average molecular weight is 1010 g/mol. The summed E-state index contributed by atoms with van der Waals surface area (Å²) in [4.78, 5) is 48.1. The van der Waals surface area contributed by atoms with E-state index in [-0.39, 0.29) is 25.9 Å². The number of carbonyl (C=O) groups excluding carboxylic acids is 3. The molecular weight excluding hydrogens is 904 g/mol. The van der Waals surface area contributed by atoms with Crippen molar-refractivity contribution in [1.82, 2.24) is 0 Å². The Hall–Kier alpha value is -2.30. The van der Waals surface area contributed by atoms with Crippen molar-refractivity contribution in [2.45, 2.75) is 290 Å². The molecule has 0 aromatic carbocycles. The Bertz CT molecular complexity index is 1320. The maximum atomic E-state index is 12.9. The maximum Gasteiger partial charge on any atom is 0.472 e. The Labute approximate surface area is 429 Å². The molecule has 0 aliphatic carbocycles. The molecule has 0 radical (unpaired) electrons. The maximum absolute atomic E-state index is 12.9. The molecule has 0 heterocycles. The molecule has 1 unspecified atom stereocenters. The molecule has 3 atom stereocenters. The number of aliphatic hydroxyl groups excluding tert-OH is 1. The number of phosphoric acid groups is 1. The van der Waals surface area contributed by atoms with Gasteiger partial charge in [0, 0.05) is 19.3 Å². The number of aliphatic hydroxyl groups is 1. The standard InChI is InChI=1S/C58H107O11P/c1-4-7-10-13-16-19-22-25-26-27-28-31-34-37-40-43-46-49-58(62)69-55(52-66-57(61)48-45-42-39-36-33-30-24-21-18-15-12-9-6-3)53-68-70(63,64)67-51-54(59)50-65-56(60)47-44-41-38-35-32-29-23-20-17-14-11-8-5-2/h20-21,23-24,27-28,54-55,59H,4-19,22,25-26,29-53H2,1-3H3,(H,63,64)/b23-20-,24-21-,28-27+/t54-,55+/m0/s1. The SMILES string of the molecule is CCCCCC/C=C\CCCCCCCC(=O)OC[C@H](O)COP(=O)(O)OC[C@@H](COC(=O)CCCCCCC/C=C\CCCCCC)OC(=O)CCCCCCC/C=C/CCCCCCCCCC. The number of hydrogen-bond donors (Lipinski definition) is 2. The molecule has 0 saturated heterocycles. The first-order chi connectivity index (χ1) is 34.1. The molecule has 410 valence electrons. The van der Waals surface area contributed by atoms with Gasteiger partial charge in [0.05, 0.1) is 13.2 Å². The van der Waals surface area contributed by atoms with Crippen LogP contribution in [0.15, 0.2) is 36.5 Å². The van der Waals surface area contributed by atoms with Crippen molar-refractivity contribution in [3.05, 3.63) is 36.5 Å². The zero-order valence-corrected chi connectivity index (χ0v) is 46.1. The van der Waals surface area contributed by atoms with Gasteiger partial charge in [0.25, 0.3) is 0 Å². The van der Waals surface area contributed by atoms with Crippen LogP contribution in [0.5, 0.6) is 0 Å². The fourth-order valence-corrected chi connectivity index (χ4v) is 8.78. The fraction of sp³-hybridized carbons (Fsp3) is 0.845. The van der Waals surface area contributed by atoms with Crippen LogP contribution < -0.4 is 0 Å². The van der Waals surface area contributed by atoms with Crippen LogP contribution in [0.1, 0.15) is 278 Å². The van der Waals surface area contributed by atoms with E-state index in [2.05, 4.69) is 57.2 Å². The summed E-state index contributed by atoms with van der Waals surface area (Å²) in [6, 6.07) is 0. The van der Waals surface area contributed by atoms with Crippen LogP contribution in [-0.4, -0.2) is 66.5 Å². The van der Waals surface area contributed by atoms with E-state index >= 15 is 0 Å². The highest BCUT2D eigenvalue weighted by molar-refractivity contribution is 7.47. The van der Waals surface area contributed by atoms with Crippen molar-refractivity contribution in [3.8, 4) is 0 Å². The fourth-order valence-electron chi connectivity index (χ4n) is 7.99. The molecule has 0 fully saturated rings. The minimum absolute atomic E-state index is 0.160. The Kier molecular flexibility index (Phi) is 51.3. The molecule has 0 aliphatic rings. The first kappa shape index (κ1) is 67.7. The number of allylic oxidation sites excluding steroid dienone is 6. The Morgan fingerprint density at radius 3 is 1.04 bits per heavy atom. The van der Waals surface area contributed by atoms with Gasteiger partial charge in [-0.15, -0.1) is 0 Å². The van der Waals surface area contributed by atoms with Gasteiger partial charge in [0.2, 0.25) is 0 Å². The van der Waals surface area contributed by atoms with Crippen molar-refractivity contribution in [3.63, 3.8) is 0 Å². The van der Waals surface area contributed by atoms with Crippen LogP contribution >= 0.6 is 7.82 Å². The largest absolute Gasteiger partial charge is 0.472 e. The van der Waals surface area contributed by atoms with Gasteiger partial charge in [-0.25, -0.2) is 4.57 Å². The number of esters is 3. The molecule has 2 N–H and O–H groups in total. The average Bonchev–Trinajstić information content (AvgIpc) is 3.34. The van der Waals surface area contributed by atoms with Gasteiger partial charge in [0.1, 0.15) is 19.3 Å². The van der Waals surface area contributed by atoms with Crippen molar-refractivity contribution in [2.24, 2.45) is 0 Å². The monoisotopic (exact) mass is 1010 g/mol. The molecule has 12 heteroatoms. The quantitative estimate of drug-likeness (QED) is 0.0197. The van der Waals surface area contributed by atoms with E-state index in [0.29, 0.717) is 19.3 Å². The zero-order chi connectivity index (χ0) is 51.3. The molecule has 11 nitrogen and oxygen atoms in total. The molecule has 0 rings (SSSR count). The summed E-state index contributed by atoms with van der Waals surface area (Å²) >= 11 is 0. The summed E-state index contributed by atoms with van der Waals surface area (Å²) in [5.74, 6) is -1.41. The number of ether oxygens (including phenoxy) is 3. The normalized spacial score (nSPS) is 13.6. The smallest absolute Gasteiger partial charge is 0.463 e. The summed E-state index contributed by atoms with van der Waals surface area (Å²) in [7, 11) is -4.73. The molecule has 0 amide bonds. The number of unbranched alkanes of at least 4 members (excludes halogenated alkanes) is 31. The second-order valence-electron chi connectivity index (χ2n) is 19.5. The molecule has 70 heavy (non-hydrogen) atoms. The van der Waals surface area contributed by atoms with E-state index in [9.17, 15) is 28.9 Å². The van der Waals surface area contributed by atoms with E-state index in [0.717, 1.165) is 116 Å². The van der Waals surface area contributed by atoms with E-state index in [1.54, 1.807) is 0 Å². The van der Waals surface area contributed by atoms with Crippen LogP contribution in [0.4, 0.5) is 0 Å². The van der Waals surface area contributed by atoms with Gasteiger partial charge in [-0.05, 0) is 96.3 Å². The minimum Gasteiger partial charge on any atom is -0.463 e. The predicted molar refractivity (Wildman–Crippen MR) is 289 cm³/mol. The third-order valence-corrected chi connectivity index (χ3v) is 13.4. The highest BCUT2D eigenvalue weighted by Crippen LogP contribution is 2.43. The predicted octanol–water partition coefficient (Wildman–Crippen LogP) is 16.8. The first-order valence-corrected chi connectivity index (χ1v) is 30.4. The van der Waals surface area contributed by atoms with Gasteiger partial charge < -0.3 is 24.2 Å². The van der Waals surface area contributed by atoms with E-state index in [1.807, 2.05) is 0 Å². The molecule has 0 aromatic heterocycles. The van der Waals surface area contributed by atoms with E-state index < -0.39 is 57.8 Å². The number of phosphoric ester groups is 1. The van der Waals surface area contributed by atoms with Crippen molar-refractivity contribution in [1.29, 1.82) is 0 Å². The first-order valence-electron chi connectivity index (χ1n) is 28.9. The van der Waals surface area contributed by atoms with Crippen molar-refractivity contribution < 1.29 is 52.2 Å². The number of hydrogen-bond acceptors (Lipinski definition) is 10. The van der Waals surface area contributed by atoms with Crippen LogP contribution in [0.2, 0.25) is 0 Å². The molecule has 0 aliphatic heterocycles. The summed E-state index contributed by atoms with van der Waals surface area (Å²) in [6.07, 6.45) is 53.9. The lowest BCUT2D eigenvalue weighted by molar-refractivity contribution is -0.161. The summed E-state index contributed by atoms with van der Waals surface area (Å²) in [6.45, 7) is 4.78. The topological polar surface area (TPSA) is 155 Å². The van der Waals surface area contributed by atoms with Crippen LogP contribution in [0.25, 0.3) is 0 Å². The third-order valence-electron chi connectivity index (χ3n) is 12.4. The van der Waals surface area contributed by atoms with Gasteiger partial charge >= 0.3 is 25.7 Å². The highest BCUT2D eigenvalue weighted by atomic mass is 31.2. The molecule has 0 bridgehead atoms. The summed E-state index contributed by atoms with van der Waals surface area (Å²) in [5.41, 5.74) is 0. The van der Waals surface area contributed by atoms with Gasteiger partial charge in [-0.3, -0.25) is 23.4 Å². The lowest BCUT2D eigenvalue weighted by Gasteiger charge is -2.20. The van der Waals surface area contributed by atoms with Gasteiger partial charge in [0.15, 0.2) is 6.10 Å². The lowest BCUT2D eigenvalue weighted by Crippen LogP contribution is -2.30. The molecule has 0 aromatic rings. The van der Waals surface area contributed by atoms with Crippen LogP contribution in [0, 0.1) is 0 Å². The lowest BCUT2D eigenvalue weighted by atomic mass is 10.1.